The van der Waals surface area contributed by atoms with Crippen molar-refractivity contribution < 1.29 is 19.4 Å². The van der Waals surface area contributed by atoms with Crippen molar-refractivity contribution in [2.75, 3.05) is 18.5 Å². The van der Waals surface area contributed by atoms with Crippen LogP contribution in [0.5, 0.6) is 5.88 Å². The lowest BCUT2D eigenvalue weighted by Gasteiger charge is -2.54. The molecule has 2 aromatic rings. The van der Waals surface area contributed by atoms with Gasteiger partial charge in [-0.2, -0.15) is 5.10 Å². The van der Waals surface area contributed by atoms with Crippen LogP contribution in [0.3, 0.4) is 0 Å². The summed E-state index contributed by atoms with van der Waals surface area (Å²) in [6.07, 6.45) is 14.3. The number of amides is 1. The standard InChI is InChI=1S/C30H40N4O4/c35-28(33-27-23-13-20-12-21(15-23)16-24(27)14-20)26-17-32-34(29(26)38-18-19-4-2-1-3-5-19)11-10-31-25-8-6-22(7-9-25)30(36)37/h6-9,17,19-21,23-24,27,31H,1-5,10-16,18H2,(H,33,35)(H,36,37). The van der Waals surface area contributed by atoms with Crippen LogP contribution in [0.1, 0.15) is 84.9 Å². The first-order valence-corrected chi connectivity index (χ1v) is 14.6. The number of nitrogens with zero attached hydrogens (tertiary/aromatic N) is 2. The fourth-order valence-electron chi connectivity index (χ4n) is 7.82. The summed E-state index contributed by atoms with van der Waals surface area (Å²) in [4.78, 5) is 24.7. The van der Waals surface area contributed by atoms with E-state index in [-0.39, 0.29) is 17.5 Å². The number of anilines is 1. The number of ether oxygens (including phenoxy) is 1. The lowest BCUT2D eigenvalue weighted by molar-refractivity contribution is -0.0120. The van der Waals surface area contributed by atoms with Crippen molar-refractivity contribution in [2.24, 2.45) is 29.6 Å². The maximum Gasteiger partial charge on any atom is 0.335 e. The van der Waals surface area contributed by atoms with Gasteiger partial charge in [-0.25, -0.2) is 9.48 Å². The summed E-state index contributed by atoms with van der Waals surface area (Å²) in [6.45, 7) is 1.73. The smallest absolute Gasteiger partial charge is 0.335 e. The van der Waals surface area contributed by atoms with Crippen molar-refractivity contribution in [2.45, 2.75) is 76.8 Å². The Hall–Kier alpha value is -3.03. The zero-order chi connectivity index (χ0) is 26.1. The van der Waals surface area contributed by atoms with E-state index in [0.717, 1.165) is 17.5 Å². The molecule has 0 saturated heterocycles. The molecule has 1 amide bonds. The van der Waals surface area contributed by atoms with Crippen LogP contribution >= 0.6 is 0 Å². The Labute approximate surface area is 224 Å². The Balaban J connectivity index is 1.13. The van der Waals surface area contributed by atoms with E-state index in [9.17, 15) is 9.59 Å². The summed E-state index contributed by atoms with van der Waals surface area (Å²) >= 11 is 0. The number of hydrogen-bond acceptors (Lipinski definition) is 5. The molecule has 0 atom stereocenters. The molecule has 5 fully saturated rings. The second-order valence-electron chi connectivity index (χ2n) is 12.1. The van der Waals surface area contributed by atoms with E-state index in [2.05, 4.69) is 15.7 Å². The van der Waals surface area contributed by atoms with Crippen molar-refractivity contribution in [3.05, 3.63) is 41.6 Å². The molecule has 1 heterocycles. The fraction of sp³-hybridized carbons (Fsp3) is 0.633. The van der Waals surface area contributed by atoms with Gasteiger partial charge in [-0.15, -0.1) is 0 Å². The third-order valence-corrected chi connectivity index (χ3v) is 9.53. The lowest BCUT2D eigenvalue weighted by Crippen LogP contribution is -2.55. The molecule has 5 saturated carbocycles. The summed E-state index contributed by atoms with van der Waals surface area (Å²) in [5.41, 5.74) is 1.64. The van der Waals surface area contributed by atoms with Gasteiger partial charge in [0.1, 0.15) is 5.56 Å². The second kappa shape index (κ2) is 11.0. The Morgan fingerprint density at radius 3 is 2.32 bits per heavy atom. The summed E-state index contributed by atoms with van der Waals surface area (Å²) in [5, 5.41) is 20.4. The molecule has 1 aromatic carbocycles. The largest absolute Gasteiger partial charge is 0.478 e. The average Bonchev–Trinajstić information content (AvgIpc) is 3.32. The Morgan fingerprint density at radius 2 is 1.66 bits per heavy atom. The zero-order valence-electron chi connectivity index (χ0n) is 22.1. The molecule has 0 spiro atoms. The van der Waals surface area contributed by atoms with Crippen molar-refractivity contribution >= 4 is 17.6 Å². The van der Waals surface area contributed by atoms with E-state index >= 15 is 0 Å². The summed E-state index contributed by atoms with van der Waals surface area (Å²) < 4.78 is 8.17. The van der Waals surface area contributed by atoms with Gasteiger partial charge in [0.2, 0.25) is 5.88 Å². The Kier molecular flexibility index (Phi) is 7.30. The molecule has 5 aliphatic carbocycles. The number of aromatic carboxylic acids is 1. The molecule has 5 aliphatic rings. The predicted octanol–water partition coefficient (Wildman–Crippen LogP) is 5.21. The first-order chi connectivity index (χ1) is 18.5. The van der Waals surface area contributed by atoms with Gasteiger partial charge in [-0.3, -0.25) is 4.79 Å². The van der Waals surface area contributed by atoms with E-state index in [1.165, 1.54) is 64.2 Å². The highest BCUT2D eigenvalue weighted by Crippen LogP contribution is 2.53. The van der Waals surface area contributed by atoms with Crippen LogP contribution in [-0.2, 0) is 6.54 Å². The number of nitrogens with one attached hydrogen (secondary N) is 2. The molecule has 8 nitrogen and oxygen atoms in total. The molecule has 4 bridgehead atoms. The quantitative estimate of drug-likeness (QED) is 0.397. The topological polar surface area (TPSA) is 105 Å². The highest BCUT2D eigenvalue weighted by Gasteiger charge is 2.48. The maximum atomic E-state index is 13.6. The van der Waals surface area contributed by atoms with Crippen LogP contribution in [0, 0.1) is 29.6 Å². The van der Waals surface area contributed by atoms with Gasteiger partial charge in [0.05, 0.1) is 24.9 Å². The predicted molar refractivity (Wildman–Crippen MR) is 144 cm³/mol. The van der Waals surface area contributed by atoms with Gasteiger partial charge >= 0.3 is 5.97 Å². The number of benzene rings is 1. The number of rotatable bonds is 10. The minimum atomic E-state index is -0.938. The maximum absolute atomic E-state index is 13.6. The fourth-order valence-corrected chi connectivity index (χ4v) is 7.82. The van der Waals surface area contributed by atoms with E-state index in [1.54, 1.807) is 35.1 Å². The molecule has 38 heavy (non-hydrogen) atoms. The third-order valence-electron chi connectivity index (χ3n) is 9.53. The average molecular weight is 521 g/mol. The van der Waals surface area contributed by atoms with Crippen LogP contribution in [0.2, 0.25) is 0 Å². The highest BCUT2D eigenvalue weighted by molar-refractivity contribution is 5.96. The van der Waals surface area contributed by atoms with Crippen LogP contribution in [-0.4, -0.2) is 46.0 Å². The first kappa shape index (κ1) is 25.3. The van der Waals surface area contributed by atoms with Crippen molar-refractivity contribution in [1.29, 1.82) is 0 Å². The molecule has 1 aromatic heterocycles. The molecule has 7 rings (SSSR count). The normalized spacial score (nSPS) is 28.3. The van der Waals surface area contributed by atoms with Gasteiger partial charge in [0, 0.05) is 18.3 Å². The van der Waals surface area contributed by atoms with Crippen LogP contribution in [0.25, 0.3) is 0 Å². The first-order valence-electron chi connectivity index (χ1n) is 14.6. The minimum absolute atomic E-state index is 0.0513. The molecule has 204 valence electrons. The number of carbonyl (C=O) groups is 2. The number of carboxylic acid groups (broad SMARTS) is 1. The summed E-state index contributed by atoms with van der Waals surface area (Å²) in [7, 11) is 0. The number of carboxylic acids is 1. The Morgan fingerprint density at radius 1 is 0.974 bits per heavy atom. The SMILES string of the molecule is O=C(O)c1ccc(NCCn2ncc(C(=O)NC3C4CC5CC(C4)CC3C5)c2OCC2CCCCC2)cc1. The van der Waals surface area contributed by atoms with Crippen molar-refractivity contribution in [1.82, 2.24) is 15.1 Å². The molecule has 0 unspecified atom stereocenters. The molecule has 3 N–H and O–H groups in total. The summed E-state index contributed by atoms with van der Waals surface area (Å²) in [5.74, 6) is 3.09. The number of hydrogen-bond donors (Lipinski definition) is 3. The zero-order valence-corrected chi connectivity index (χ0v) is 22.1. The van der Waals surface area contributed by atoms with E-state index in [1.807, 2.05) is 0 Å². The highest BCUT2D eigenvalue weighted by atomic mass is 16.5. The van der Waals surface area contributed by atoms with Crippen LogP contribution in [0.15, 0.2) is 30.5 Å². The van der Waals surface area contributed by atoms with Gasteiger partial charge in [0.15, 0.2) is 0 Å². The molecular weight excluding hydrogens is 480 g/mol. The van der Waals surface area contributed by atoms with Crippen molar-refractivity contribution in [3.8, 4) is 5.88 Å². The minimum Gasteiger partial charge on any atom is -0.478 e. The van der Waals surface area contributed by atoms with Gasteiger partial charge in [-0.1, -0.05) is 19.3 Å². The Bertz CT molecular complexity index is 1110. The van der Waals surface area contributed by atoms with E-state index in [0.29, 0.717) is 48.9 Å². The molecule has 8 heteroatoms. The van der Waals surface area contributed by atoms with Gasteiger partial charge in [0.25, 0.3) is 5.91 Å². The molecule has 0 radical (unpaired) electrons. The van der Waals surface area contributed by atoms with Crippen LogP contribution in [0.4, 0.5) is 5.69 Å². The third kappa shape index (κ3) is 5.40. The van der Waals surface area contributed by atoms with E-state index in [4.69, 9.17) is 9.84 Å². The number of carbonyl (C=O) groups excluding carboxylic acids is 1. The van der Waals surface area contributed by atoms with Gasteiger partial charge < -0.3 is 20.5 Å². The number of aromatic nitrogens is 2. The van der Waals surface area contributed by atoms with E-state index < -0.39 is 5.97 Å². The molecular formula is C30H40N4O4. The van der Waals surface area contributed by atoms with Crippen LogP contribution < -0.4 is 15.4 Å². The van der Waals surface area contributed by atoms with Crippen molar-refractivity contribution in [3.63, 3.8) is 0 Å². The monoisotopic (exact) mass is 520 g/mol. The molecule has 0 aliphatic heterocycles. The summed E-state index contributed by atoms with van der Waals surface area (Å²) in [6, 6.07) is 6.97. The second-order valence-corrected chi connectivity index (χ2v) is 12.1. The van der Waals surface area contributed by atoms with Gasteiger partial charge in [-0.05, 0) is 98.8 Å². The lowest BCUT2D eigenvalue weighted by atomic mass is 9.54.